The minimum atomic E-state index is -3.89. The Morgan fingerprint density at radius 2 is 1.82 bits per heavy atom. The maximum atomic E-state index is 14.7. The van der Waals surface area contributed by atoms with Crippen LogP contribution in [0.5, 0.6) is 11.6 Å². The molecule has 3 aromatic rings. The quantitative estimate of drug-likeness (QED) is 0.452. The first-order valence-electron chi connectivity index (χ1n) is 9.56. The van der Waals surface area contributed by atoms with Crippen LogP contribution in [-0.4, -0.2) is 32.7 Å². The third-order valence-corrected chi connectivity index (χ3v) is 5.77. The van der Waals surface area contributed by atoms with Crippen LogP contribution in [0, 0.1) is 11.6 Å². The molecule has 0 saturated carbocycles. The number of rotatable bonds is 7. The topological polar surface area (TPSA) is 94.6 Å². The molecule has 0 spiro atoms. The molecule has 12 heteroatoms. The number of sulfonamides is 1. The fourth-order valence-corrected chi connectivity index (χ4v) is 4.05. The van der Waals surface area contributed by atoms with E-state index in [0.717, 1.165) is 24.5 Å². The van der Waals surface area contributed by atoms with E-state index in [-0.39, 0.29) is 27.2 Å². The van der Waals surface area contributed by atoms with Crippen LogP contribution < -0.4 is 14.2 Å². The average molecular weight is 531 g/mol. The van der Waals surface area contributed by atoms with Gasteiger partial charge in [0.2, 0.25) is 15.9 Å². The summed E-state index contributed by atoms with van der Waals surface area (Å²) < 4.78 is 63.2. The summed E-state index contributed by atoms with van der Waals surface area (Å²) in [6.45, 7) is 1.68. The van der Waals surface area contributed by atoms with Crippen molar-refractivity contribution in [1.29, 1.82) is 0 Å². The first kappa shape index (κ1) is 25.7. The summed E-state index contributed by atoms with van der Waals surface area (Å²) in [5.74, 6) is -2.46. The molecule has 1 amide bonds. The number of halogens is 4. The van der Waals surface area contributed by atoms with Crippen molar-refractivity contribution >= 4 is 39.1 Å². The second-order valence-electron chi connectivity index (χ2n) is 7.17. The zero-order chi connectivity index (χ0) is 25.2. The Kier molecular flexibility index (Phi) is 7.64. The number of amides is 1. The van der Waals surface area contributed by atoms with Gasteiger partial charge in [0, 0.05) is 22.9 Å². The fraction of sp³-hybridized carbons (Fsp3) is 0.182. The number of hydrogen-bond donors (Lipinski definition) is 1. The van der Waals surface area contributed by atoms with Crippen molar-refractivity contribution in [2.45, 2.75) is 13.0 Å². The van der Waals surface area contributed by atoms with Crippen LogP contribution in [0.3, 0.4) is 0 Å². The predicted molar refractivity (Wildman–Crippen MR) is 124 cm³/mol. The van der Waals surface area contributed by atoms with Crippen molar-refractivity contribution in [3.8, 4) is 22.8 Å². The Labute approximate surface area is 204 Å². The van der Waals surface area contributed by atoms with E-state index >= 15 is 0 Å². The molecule has 34 heavy (non-hydrogen) atoms. The second kappa shape index (κ2) is 10.1. The molecule has 2 aromatic carbocycles. The van der Waals surface area contributed by atoms with Crippen LogP contribution in [0.25, 0.3) is 11.1 Å². The molecule has 0 bridgehead atoms. The molecule has 0 unspecified atom stereocenters. The summed E-state index contributed by atoms with van der Waals surface area (Å²) in [6.07, 6.45) is 1.52. The monoisotopic (exact) mass is 530 g/mol. The Hall–Kier alpha value is -2.95. The van der Waals surface area contributed by atoms with Crippen molar-refractivity contribution in [3.63, 3.8) is 0 Å². The summed E-state index contributed by atoms with van der Waals surface area (Å²) in [5, 5.41) is 0.268. The summed E-state index contributed by atoms with van der Waals surface area (Å²) >= 11 is 12.4. The number of pyridine rings is 1. The van der Waals surface area contributed by atoms with Crippen molar-refractivity contribution in [2.75, 3.05) is 13.4 Å². The molecule has 0 aliphatic rings. The van der Waals surface area contributed by atoms with Gasteiger partial charge in [-0.3, -0.25) is 4.79 Å². The zero-order valence-corrected chi connectivity index (χ0v) is 20.4. The standard InChI is InChI=1S/C22H18Cl2F2N2O5S/c1-11(14-5-4-13(25)7-17(14)23)33-22-18(24)6-12(10-27-22)15-8-19(26)16(9-20(15)32-2)21(29)28-34(3,30)31/h4-11H,1-3H3,(H,28,29)/t11-/m1/s1. The summed E-state index contributed by atoms with van der Waals surface area (Å²) in [5.41, 5.74) is 0.564. The van der Waals surface area contributed by atoms with Crippen molar-refractivity contribution in [3.05, 3.63) is 75.4 Å². The first-order valence-corrected chi connectivity index (χ1v) is 12.2. The van der Waals surface area contributed by atoms with Crippen LogP contribution in [0.4, 0.5) is 8.78 Å². The Morgan fingerprint density at radius 1 is 1.12 bits per heavy atom. The number of hydrogen-bond acceptors (Lipinski definition) is 6. The highest BCUT2D eigenvalue weighted by Crippen LogP contribution is 2.37. The molecule has 0 saturated heterocycles. The molecule has 0 fully saturated rings. The van der Waals surface area contributed by atoms with Gasteiger partial charge in [0.05, 0.1) is 24.0 Å². The van der Waals surface area contributed by atoms with E-state index in [1.54, 1.807) is 11.6 Å². The third kappa shape index (κ3) is 5.94. The molecular weight excluding hydrogens is 513 g/mol. The van der Waals surface area contributed by atoms with Gasteiger partial charge in [-0.05, 0) is 37.3 Å². The van der Waals surface area contributed by atoms with Gasteiger partial charge in [0.1, 0.15) is 28.5 Å². The van der Waals surface area contributed by atoms with Crippen LogP contribution in [-0.2, 0) is 10.0 Å². The maximum absolute atomic E-state index is 14.7. The van der Waals surface area contributed by atoms with Gasteiger partial charge in [-0.15, -0.1) is 0 Å². The molecule has 0 aliphatic carbocycles. The smallest absolute Gasteiger partial charge is 0.267 e. The van der Waals surface area contributed by atoms with E-state index in [1.165, 1.54) is 31.5 Å². The normalized spacial score (nSPS) is 12.2. The number of ether oxygens (including phenoxy) is 2. The number of nitrogens with zero attached hydrogens (tertiary/aromatic N) is 1. The minimum absolute atomic E-state index is 0.0573. The SMILES string of the molecule is COc1cc(C(=O)NS(C)(=O)=O)c(F)cc1-c1cnc(O[C@H](C)c2ccc(F)cc2Cl)c(Cl)c1. The van der Waals surface area contributed by atoms with E-state index in [0.29, 0.717) is 11.1 Å². The van der Waals surface area contributed by atoms with Crippen LogP contribution in [0.15, 0.2) is 42.6 Å². The minimum Gasteiger partial charge on any atom is -0.496 e. The van der Waals surface area contributed by atoms with Gasteiger partial charge in [0.15, 0.2) is 0 Å². The lowest BCUT2D eigenvalue weighted by Crippen LogP contribution is -2.30. The van der Waals surface area contributed by atoms with Crippen LogP contribution >= 0.6 is 23.2 Å². The molecule has 0 aliphatic heterocycles. The summed E-state index contributed by atoms with van der Waals surface area (Å²) in [7, 11) is -2.59. The molecular formula is C22H18Cl2F2N2O5S. The van der Waals surface area contributed by atoms with Crippen molar-refractivity contribution in [2.24, 2.45) is 0 Å². The van der Waals surface area contributed by atoms with Gasteiger partial charge in [-0.25, -0.2) is 26.9 Å². The second-order valence-corrected chi connectivity index (χ2v) is 9.74. The van der Waals surface area contributed by atoms with Gasteiger partial charge >= 0.3 is 0 Å². The molecule has 1 N–H and O–H groups in total. The van der Waals surface area contributed by atoms with Crippen LogP contribution in [0.2, 0.25) is 10.0 Å². The number of carbonyl (C=O) groups is 1. The maximum Gasteiger partial charge on any atom is 0.267 e. The fourth-order valence-electron chi connectivity index (χ4n) is 3.07. The zero-order valence-electron chi connectivity index (χ0n) is 18.0. The Balaban J connectivity index is 1.91. The first-order chi connectivity index (χ1) is 15.9. The van der Waals surface area contributed by atoms with Crippen molar-refractivity contribution < 1.29 is 31.5 Å². The van der Waals surface area contributed by atoms with Gasteiger partial charge in [0.25, 0.3) is 5.91 Å². The molecule has 1 aromatic heterocycles. The molecule has 180 valence electrons. The highest BCUT2D eigenvalue weighted by molar-refractivity contribution is 7.89. The highest BCUT2D eigenvalue weighted by atomic mass is 35.5. The van der Waals surface area contributed by atoms with E-state index in [9.17, 15) is 22.0 Å². The summed E-state index contributed by atoms with van der Waals surface area (Å²) in [4.78, 5) is 16.3. The van der Waals surface area contributed by atoms with Crippen LogP contribution in [0.1, 0.15) is 28.9 Å². The van der Waals surface area contributed by atoms with E-state index in [4.69, 9.17) is 32.7 Å². The molecule has 3 rings (SSSR count). The number of aromatic nitrogens is 1. The predicted octanol–water partition coefficient (Wildman–Crippen LogP) is 5.17. The lowest BCUT2D eigenvalue weighted by molar-refractivity contribution is 0.0977. The Bertz CT molecular complexity index is 1370. The van der Waals surface area contributed by atoms with Gasteiger partial charge in [-0.1, -0.05) is 29.3 Å². The molecule has 0 radical (unpaired) electrons. The van der Waals surface area contributed by atoms with Gasteiger partial charge in [-0.2, -0.15) is 0 Å². The lowest BCUT2D eigenvalue weighted by atomic mass is 10.0. The van der Waals surface area contributed by atoms with Crippen molar-refractivity contribution in [1.82, 2.24) is 9.71 Å². The largest absolute Gasteiger partial charge is 0.496 e. The molecule has 1 heterocycles. The van der Waals surface area contributed by atoms with E-state index in [1.807, 2.05) is 0 Å². The highest BCUT2D eigenvalue weighted by Gasteiger charge is 2.21. The molecule has 7 nitrogen and oxygen atoms in total. The number of carbonyl (C=O) groups excluding carboxylic acids is 1. The van der Waals surface area contributed by atoms with E-state index in [2.05, 4.69) is 4.98 Å². The van der Waals surface area contributed by atoms with Gasteiger partial charge < -0.3 is 9.47 Å². The Morgan fingerprint density at radius 3 is 2.41 bits per heavy atom. The third-order valence-electron chi connectivity index (χ3n) is 4.62. The number of methoxy groups -OCH3 is 1. The summed E-state index contributed by atoms with van der Waals surface area (Å²) in [6, 6.07) is 7.43. The molecule has 1 atom stereocenters. The van der Waals surface area contributed by atoms with E-state index < -0.39 is 39.2 Å². The average Bonchev–Trinajstić information content (AvgIpc) is 2.73. The number of nitrogens with one attached hydrogen (secondary N) is 1. The number of benzene rings is 2. The lowest BCUT2D eigenvalue weighted by Gasteiger charge is -2.17.